The van der Waals surface area contributed by atoms with Gasteiger partial charge in [-0.3, -0.25) is 0 Å². The molecule has 0 amide bonds. The van der Waals surface area contributed by atoms with E-state index >= 15 is 0 Å². The molecule has 0 fully saturated rings. The SMILES string of the molecule is ClC1([O][Zr]([O]C2(Cl)CC=CS2)([C]2=CC=CC2)[C]2=CC=CC2)CC=CS1. The van der Waals surface area contributed by atoms with Crippen LogP contribution in [0.5, 0.6) is 0 Å². The van der Waals surface area contributed by atoms with E-state index in [0.29, 0.717) is 12.8 Å². The first kappa shape index (κ1) is 18.9. The van der Waals surface area contributed by atoms with E-state index in [-0.39, 0.29) is 0 Å². The Balaban J connectivity index is 1.73. The Hall–Kier alpha value is 0.523. The molecule has 7 heteroatoms. The van der Waals surface area contributed by atoms with Gasteiger partial charge in [0.05, 0.1) is 0 Å². The summed E-state index contributed by atoms with van der Waals surface area (Å²) in [6, 6.07) is 0. The first-order valence-electron chi connectivity index (χ1n) is 8.20. The number of alkyl halides is 2. The molecule has 2 heterocycles. The summed E-state index contributed by atoms with van der Waals surface area (Å²) < 4.78 is 14.5. The molecule has 0 saturated heterocycles. The van der Waals surface area contributed by atoms with Gasteiger partial charge in [-0.1, -0.05) is 0 Å². The first-order chi connectivity index (χ1) is 12.0. The Labute approximate surface area is 172 Å². The van der Waals surface area contributed by atoms with E-state index in [1.807, 2.05) is 10.8 Å². The van der Waals surface area contributed by atoms with Gasteiger partial charge in [0.2, 0.25) is 0 Å². The van der Waals surface area contributed by atoms with Crippen LogP contribution in [-0.4, -0.2) is 8.78 Å². The van der Waals surface area contributed by atoms with E-state index in [0.717, 1.165) is 12.8 Å². The second-order valence-corrected chi connectivity index (χ2v) is 17.4. The number of halogens is 2. The van der Waals surface area contributed by atoms with Crippen LogP contribution < -0.4 is 0 Å². The van der Waals surface area contributed by atoms with Crippen LogP contribution in [0.3, 0.4) is 0 Å². The predicted octanol–water partition coefficient (Wildman–Crippen LogP) is 6.78. The number of rotatable bonds is 6. The molecule has 0 saturated carbocycles. The summed E-state index contributed by atoms with van der Waals surface area (Å²) in [5, 5.41) is 4.02. The van der Waals surface area contributed by atoms with Crippen LogP contribution in [-0.2, 0) is 26.8 Å². The molecule has 0 bridgehead atoms. The molecule has 2 aliphatic carbocycles. The second-order valence-electron chi connectivity index (χ2n) is 6.18. The van der Waals surface area contributed by atoms with Crippen molar-refractivity contribution in [1.29, 1.82) is 0 Å². The van der Waals surface area contributed by atoms with Crippen molar-refractivity contribution < 1.29 is 26.8 Å². The summed E-state index contributed by atoms with van der Waals surface area (Å²) in [6.45, 7) is 0. The monoisotopic (exact) mass is 490 g/mol. The molecule has 4 aliphatic rings. The molecular formula is C18H18Cl2O2S2Zr. The molecule has 0 spiro atoms. The van der Waals surface area contributed by atoms with E-state index in [1.54, 1.807) is 0 Å². The van der Waals surface area contributed by atoms with Crippen LogP contribution in [0, 0.1) is 0 Å². The van der Waals surface area contributed by atoms with E-state index in [9.17, 15) is 0 Å². The molecule has 25 heavy (non-hydrogen) atoms. The molecule has 132 valence electrons. The van der Waals surface area contributed by atoms with Gasteiger partial charge < -0.3 is 0 Å². The number of allylic oxidation sites excluding steroid dienone is 8. The third kappa shape index (κ3) is 3.89. The third-order valence-corrected chi connectivity index (χ3v) is 17.7. The maximum atomic E-state index is 6.83. The zero-order valence-corrected chi connectivity index (χ0v) is 19.1. The summed E-state index contributed by atoms with van der Waals surface area (Å²) in [5.74, 6) is 0. The van der Waals surface area contributed by atoms with Crippen molar-refractivity contribution in [3.05, 3.63) is 66.0 Å². The van der Waals surface area contributed by atoms with Crippen molar-refractivity contribution in [1.82, 2.24) is 0 Å². The van der Waals surface area contributed by atoms with E-state index in [2.05, 4.69) is 48.6 Å². The van der Waals surface area contributed by atoms with E-state index in [1.165, 1.54) is 30.1 Å². The van der Waals surface area contributed by atoms with Gasteiger partial charge in [-0.15, -0.1) is 0 Å². The van der Waals surface area contributed by atoms with Gasteiger partial charge >= 0.3 is 174 Å². The molecule has 0 aromatic rings. The van der Waals surface area contributed by atoms with Gasteiger partial charge in [-0.25, -0.2) is 0 Å². The predicted molar refractivity (Wildman–Crippen MR) is 106 cm³/mol. The summed E-state index contributed by atoms with van der Waals surface area (Å²) in [7, 11) is 0. The third-order valence-electron chi connectivity index (χ3n) is 4.38. The topological polar surface area (TPSA) is 18.5 Å². The summed E-state index contributed by atoms with van der Waals surface area (Å²) in [4.78, 5) is 0. The molecule has 4 rings (SSSR count). The zero-order valence-electron chi connectivity index (χ0n) is 13.5. The van der Waals surface area contributed by atoms with Crippen molar-refractivity contribution in [2.24, 2.45) is 0 Å². The molecule has 2 nitrogen and oxygen atoms in total. The Morgan fingerprint density at radius 1 is 0.800 bits per heavy atom. The fourth-order valence-electron chi connectivity index (χ4n) is 3.21. The van der Waals surface area contributed by atoms with Gasteiger partial charge in [0.25, 0.3) is 0 Å². The summed E-state index contributed by atoms with van der Waals surface area (Å²) in [6.07, 6.45) is 19.9. The minimum atomic E-state index is -3.97. The number of thioether (sulfide) groups is 2. The Kier molecular flexibility index (Phi) is 5.66. The zero-order chi connectivity index (χ0) is 17.4. The Bertz CT molecular complexity index is 661. The van der Waals surface area contributed by atoms with Crippen LogP contribution in [0.25, 0.3) is 0 Å². The average molecular weight is 493 g/mol. The molecule has 0 radical (unpaired) electrons. The fraction of sp³-hybridized carbons (Fsp3) is 0.333. The average Bonchev–Trinajstić information content (AvgIpc) is 3.36. The van der Waals surface area contributed by atoms with Crippen LogP contribution in [0.4, 0.5) is 0 Å². The van der Waals surface area contributed by atoms with Crippen molar-refractivity contribution in [2.75, 3.05) is 0 Å². The van der Waals surface area contributed by atoms with Gasteiger partial charge in [-0.05, 0) is 0 Å². The molecule has 2 atom stereocenters. The maximum absolute atomic E-state index is 6.83. The summed E-state index contributed by atoms with van der Waals surface area (Å²) >= 11 is 12.7. The van der Waals surface area contributed by atoms with Crippen molar-refractivity contribution >= 4 is 46.7 Å². The molecular weight excluding hydrogens is 474 g/mol. The standard InChI is InChI=1S/2C5H5.2C4H4ClOS.Zr/c2*1-2-4-5-3-1;2*5-4(6)2-1-3-7-4;/h2*1-3H,4H2;2*1,3H,2H2;/q;;2*-1;+2. The molecule has 0 aromatic heterocycles. The number of hydrogen-bond donors (Lipinski definition) is 0. The van der Waals surface area contributed by atoms with Crippen molar-refractivity contribution in [2.45, 2.75) is 34.5 Å². The van der Waals surface area contributed by atoms with Gasteiger partial charge in [0.15, 0.2) is 0 Å². The van der Waals surface area contributed by atoms with Crippen molar-refractivity contribution in [3.8, 4) is 0 Å². The summed E-state index contributed by atoms with van der Waals surface area (Å²) in [5.41, 5.74) is 0. The molecule has 0 N–H and O–H groups in total. The van der Waals surface area contributed by atoms with Crippen molar-refractivity contribution in [3.63, 3.8) is 0 Å². The molecule has 0 aromatic carbocycles. The minimum absolute atomic E-state index is 0.670. The van der Waals surface area contributed by atoms with Crippen LogP contribution in [0.1, 0.15) is 25.7 Å². The normalized spacial score (nSPS) is 33.5. The van der Waals surface area contributed by atoms with E-state index in [4.69, 9.17) is 28.8 Å². The van der Waals surface area contributed by atoms with Gasteiger partial charge in [0, 0.05) is 0 Å². The van der Waals surface area contributed by atoms with Crippen LogP contribution in [0.15, 0.2) is 66.0 Å². The number of hydrogen-bond acceptors (Lipinski definition) is 4. The van der Waals surface area contributed by atoms with Crippen LogP contribution in [0.2, 0.25) is 0 Å². The fourth-order valence-corrected chi connectivity index (χ4v) is 16.7. The Morgan fingerprint density at radius 2 is 1.28 bits per heavy atom. The van der Waals surface area contributed by atoms with Crippen LogP contribution >= 0.6 is 46.7 Å². The molecule has 2 aliphatic heterocycles. The van der Waals surface area contributed by atoms with Gasteiger partial charge in [0.1, 0.15) is 0 Å². The molecule has 2 unspecified atom stereocenters. The Morgan fingerprint density at radius 3 is 1.60 bits per heavy atom. The quantitative estimate of drug-likeness (QED) is 0.381. The van der Waals surface area contributed by atoms with E-state index < -0.39 is 29.9 Å². The van der Waals surface area contributed by atoms with Gasteiger partial charge in [-0.2, -0.15) is 0 Å². The second kappa shape index (κ2) is 7.50. The first-order valence-corrected chi connectivity index (χ1v) is 15.2.